The molecule has 6 heteroatoms. The Morgan fingerprint density at radius 2 is 1.80 bits per heavy atom. The van der Waals surface area contributed by atoms with Crippen molar-refractivity contribution in [1.29, 1.82) is 0 Å². The predicted octanol–water partition coefficient (Wildman–Crippen LogP) is 4.80. The quantitative estimate of drug-likeness (QED) is 0.640. The fourth-order valence-corrected chi connectivity index (χ4v) is 3.66. The van der Waals surface area contributed by atoms with Gasteiger partial charge in [0.15, 0.2) is 11.5 Å². The Morgan fingerprint density at radius 3 is 2.60 bits per heavy atom. The zero-order valence-corrected chi connectivity index (χ0v) is 16.2. The van der Waals surface area contributed by atoms with Gasteiger partial charge in [-0.2, -0.15) is 0 Å². The highest BCUT2D eigenvalue weighted by Gasteiger charge is 2.51. The Kier molecular flexibility index (Phi) is 4.54. The first-order chi connectivity index (χ1) is 14.6. The van der Waals surface area contributed by atoms with Crippen molar-refractivity contribution in [3.8, 4) is 17.2 Å². The molecule has 1 saturated carbocycles. The molecule has 1 N–H and O–H groups in total. The molecule has 152 valence electrons. The Hall–Kier alpha value is -3.54. The van der Waals surface area contributed by atoms with Crippen LogP contribution in [0.1, 0.15) is 24.0 Å². The molecule has 0 bridgehead atoms. The number of hydrogen-bond donors (Lipinski definition) is 1. The number of fused-ring (bicyclic) bond motifs is 1. The number of rotatable bonds is 6. The van der Waals surface area contributed by atoms with Crippen LogP contribution in [0.3, 0.4) is 0 Å². The average Bonchev–Trinajstić information content (AvgIpc) is 3.44. The maximum absolute atomic E-state index is 13.2. The Labute approximate surface area is 173 Å². The number of ether oxygens (including phenoxy) is 3. The maximum Gasteiger partial charge on any atom is 0.235 e. The van der Waals surface area contributed by atoms with Crippen molar-refractivity contribution in [3.63, 3.8) is 0 Å². The molecule has 0 unspecified atom stereocenters. The molecule has 2 aliphatic rings. The lowest BCUT2D eigenvalue weighted by atomic mass is 9.95. The van der Waals surface area contributed by atoms with Gasteiger partial charge in [0.1, 0.15) is 18.2 Å². The van der Waals surface area contributed by atoms with Crippen molar-refractivity contribution in [3.05, 3.63) is 83.7 Å². The summed E-state index contributed by atoms with van der Waals surface area (Å²) in [6.07, 6.45) is 1.52. The average molecular weight is 405 g/mol. The Balaban J connectivity index is 1.25. The summed E-state index contributed by atoms with van der Waals surface area (Å²) in [7, 11) is 0. The Bertz CT molecular complexity index is 1090. The maximum atomic E-state index is 13.2. The highest BCUT2D eigenvalue weighted by molar-refractivity contribution is 6.01. The van der Waals surface area contributed by atoms with Gasteiger partial charge in [0.2, 0.25) is 12.7 Å². The van der Waals surface area contributed by atoms with E-state index in [9.17, 15) is 9.18 Å². The number of carbonyl (C=O) groups is 1. The highest BCUT2D eigenvalue weighted by atomic mass is 19.1. The Morgan fingerprint density at radius 1 is 1.00 bits per heavy atom. The number of carbonyl (C=O) groups excluding carboxylic acids is 1. The van der Waals surface area contributed by atoms with E-state index < -0.39 is 5.41 Å². The third-order valence-electron chi connectivity index (χ3n) is 5.52. The lowest BCUT2D eigenvalue weighted by Crippen LogP contribution is -2.27. The van der Waals surface area contributed by atoms with Gasteiger partial charge in [0, 0.05) is 11.8 Å². The van der Waals surface area contributed by atoms with E-state index in [1.54, 1.807) is 18.2 Å². The van der Waals surface area contributed by atoms with Crippen LogP contribution in [0, 0.1) is 5.82 Å². The van der Waals surface area contributed by atoms with Gasteiger partial charge in [-0.25, -0.2) is 4.39 Å². The zero-order chi connectivity index (χ0) is 20.6. The summed E-state index contributed by atoms with van der Waals surface area (Å²) in [4.78, 5) is 12.9. The molecule has 1 fully saturated rings. The third kappa shape index (κ3) is 3.56. The molecule has 1 aliphatic heterocycles. The summed E-state index contributed by atoms with van der Waals surface area (Å²) in [5.74, 6) is 1.70. The van der Waals surface area contributed by atoms with Gasteiger partial charge >= 0.3 is 0 Å². The summed E-state index contributed by atoms with van der Waals surface area (Å²) < 4.78 is 29.7. The summed E-state index contributed by atoms with van der Waals surface area (Å²) in [5.41, 5.74) is 1.92. The standard InChI is InChI=1S/C24H20FNO4/c25-18-6-4-17(5-7-18)24(10-11-24)23(27)26-19-3-1-2-16(12-19)14-28-20-8-9-21-22(13-20)30-15-29-21/h1-9,12-13H,10-11,14-15H2,(H,26,27). The molecule has 1 amide bonds. The largest absolute Gasteiger partial charge is 0.489 e. The van der Waals surface area contributed by atoms with E-state index in [1.807, 2.05) is 36.4 Å². The summed E-state index contributed by atoms with van der Waals surface area (Å²) in [6, 6.07) is 19.2. The molecule has 0 saturated heterocycles. The molecule has 0 spiro atoms. The van der Waals surface area contributed by atoms with Crippen molar-refractivity contribution >= 4 is 11.6 Å². The minimum absolute atomic E-state index is 0.0667. The van der Waals surface area contributed by atoms with Crippen LogP contribution in [0.5, 0.6) is 17.2 Å². The topological polar surface area (TPSA) is 56.8 Å². The zero-order valence-electron chi connectivity index (χ0n) is 16.2. The molecule has 3 aromatic rings. The van der Waals surface area contributed by atoms with Crippen LogP contribution in [0.4, 0.5) is 10.1 Å². The summed E-state index contributed by atoms with van der Waals surface area (Å²) in [6.45, 7) is 0.576. The highest BCUT2D eigenvalue weighted by Crippen LogP contribution is 2.49. The van der Waals surface area contributed by atoms with E-state index in [0.717, 1.165) is 24.0 Å². The van der Waals surface area contributed by atoms with Crippen LogP contribution >= 0.6 is 0 Å². The van der Waals surface area contributed by atoms with E-state index in [0.29, 0.717) is 29.5 Å². The first-order valence-corrected chi connectivity index (χ1v) is 9.81. The second-order valence-corrected chi connectivity index (χ2v) is 7.55. The smallest absolute Gasteiger partial charge is 0.235 e. The van der Waals surface area contributed by atoms with Gasteiger partial charge in [-0.15, -0.1) is 0 Å². The normalized spacial score (nSPS) is 15.5. The van der Waals surface area contributed by atoms with Crippen LogP contribution in [0.15, 0.2) is 66.7 Å². The first kappa shape index (κ1) is 18.5. The van der Waals surface area contributed by atoms with Crippen molar-refractivity contribution in [1.82, 2.24) is 0 Å². The molecule has 1 aliphatic carbocycles. The second-order valence-electron chi connectivity index (χ2n) is 7.55. The minimum atomic E-state index is -0.563. The van der Waals surface area contributed by atoms with Gasteiger partial charge in [-0.1, -0.05) is 24.3 Å². The fraction of sp³-hybridized carbons (Fsp3) is 0.208. The molecule has 0 radical (unpaired) electrons. The van der Waals surface area contributed by atoms with Crippen LogP contribution in [0.2, 0.25) is 0 Å². The minimum Gasteiger partial charge on any atom is -0.489 e. The van der Waals surface area contributed by atoms with Crippen LogP contribution < -0.4 is 19.5 Å². The van der Waals surface area contributed by atoms with Crippen molar-refractivity contribution in [2.24, 2.45) is 0 Å². The predicted molar refractivity (Wildman–Crippen MR) is 109 cm³/mol. The molecular formula is C24H20FNO4. The SMILES string of the molecule is O=C(Nc1cccc(COc2ccc3c(c2)OCO3)c1)C1(c2ccc(F)cc2)CC1. The molecule has 1 heterocycles. The number of benzene rings is 3. The lowest BCUT2D eigenvalue weighted by Gasteiger charge is -2.16. The lowest BCUT2D eigenvalue weighted by molar-refractivity contribution is -0.118. The number of amides is 1. The van der Waals surface area contributed by atoms with Gasteiger partial charge in [-0.3, -0.25) is 4.79 Å². The van der Waals surface area contributed by atoms with Crippen LogP contribution in [-0.4, -0.2) is 12.7 Å². The second kappa shape index (κ2) is 7.37. The molecule has 30 heavy (non-hydrogen) atoms. The van der Waals surface area contributed by atoms with Crippen LogP contribution in [0.25, 0.3) is 0 Å². The molecule has 0 aromatic heterocycles. The number of halogens is 1. The van der Waals surface area contributed by atoms with Gasteiger partial charge < -0.3 is 19.5 Å². The third-order valence-corrected chi connectivity index (χ3v) is 5.52. The van der Waals surface area contributed by atoms with E-state index in [4.69, 9.17) is 14.2 Å². The van der Waals surface area contributed by atoms with Crippen molar-refractivity contribution in [2.75, 3.05) is 12.1 Å². The van der Waals surface area contributed by atoms with E-state index >= 15 is 0 Å². The molecule has 3 aromatic carbocycles. The van der Waals surface area contributed by atoms with Crippen molar-refractivity contribution < 1.29 is 23.4 Å². The van der Waals surface area contributed by atoms with Crippen molar-refractivity contribution in [2.45, 2.75) is 24.9 Å². The molecule has 0 atom stereocenters. The number of nitrogens with one attached hydrogen (secondary N) is 1. The molecule has 5 nitrogen and oxygen atoms in total. The van der Waals surface area contributed by atoms with Crippen LogP contribution in [-0.2, 0) is 16.8 Å². The molecular weight excluding hydrogens is 385 g/mol. The van der Waals surface area contributed by atoms with Gasteiger partial charge in [0.25, 0.3) is 0 Å². The summed E-state index contributed by atoms with van der Waals surface area (Å²) >= 11 is 0. The molecule has 5 rings (SSSR count). The summed E-state index contributed by atoms with van der Waals surface area (Å²) in [5, 5.41) is 3.01. The number of anilines is 1. The first-order valence-electron chi connectivity index (χ1n) is 9.81. The van der Waals surface area contributed by atoms with E-state index in [1.165, 1.54) is 12.1 Å². The number of hydrogen-bond acceptors (Lipinski definition) is 4. The van der Waals surface area contributed by atoms with Gasteiger partial charge in [0.05, 0.1) is 5.41 Å². The monoisotopic (exact) mass is 405 g/mol. The van der Waals surface area contributed by atoms with E-state index in [-0.39, 0.29) is 18.5 Å². The van der Waals surface area contributed by atoms with Gasteiger partial charge in [-0.05, 0) is 60.4 Å². The fourth-order valence-electron chi connectivity index (χ4n) is 3.66. The van der Waals surface area contributed by atoms with E-state index in [2.05, 4.69) is 5.32 Å².